The minimum Gasteiger partial charge on any atom is -0.338 e. The van der Waals surface area contributed by atoms with Gasteiger partial charge in [-0.05, 0) is 31.5 Å². The van der Waals surface area contributed by atoms with E-state index in [1.807, 2.05) is 13.8 Å². The van der Waals surface area contributed by atoms with Gasteiger partial charge in [0.25, 0.3) is 0 Å². The number of nitrogens with one attached hydrogen (secondary N) is 1. The standard InChI is InChI=1S/C13H20N2O3S/c1-5-14-13(16)15(3)10(2)11-6-8-12(9-7-11)19(4,17)18/h6-10H,5H2,1-4H3,(H,14,16). The topological polar surface area (TPSA) is 66.5 Å². The Kier molecular flexibility index (Phi) is 4.94. The Hall–Kier alpha value is -1.56. The molecule has 0 aliphatic carbocycles. The van der Waals surface area contributed by atoms with Crippen LogP contribution in [0.3, 0.4) is 0 Å². The molecule has 0 aromatic heterocycles. The Morgan fingerprint density at radius 1 is 1.32 bits per heavy atom. The van der Waals surface area contributed by atoms with Crippen molar-refractivity contribution in [3.05, 3.63) is 29.8 Å². The monoisotopic (exact) mass is 284 g/mol. The molecule has 1 aromatic rings. The van der Waals surface area contributed by atoms with Crippen LogP contribution in [0.4, 0.5) is 4.79 Å². The van der Waals surface area contributed by atoms with Crippen LogP contribution in [0.1, 0.15) is 25.5 Å². The molecule has 0 spiro atoms. The molecule has 0 aliphatic rings. The predicted octanol–water partition coefficient (Wildman–Crippen LogP) is 1.81. The zero-order valence-electron chi connectivity index (χ0n) is 11.7. The molecule has 0 saturated carbocycles. The molecule has 0 fully saturated rings. The first kappa shape index (κ1) is 15.5. The summed E-state index contributed by atoms with van der Waals surface area (Å²) >= 11 is 0. The molecule has 1 N–H and O–H groups in total. The van der Waals surface area contributed by atoms with E-state index >= 15 is 0 Å². The van der Waals surface area contributed by atoms with Crippen molar-refractivity contribution in [1.29, 1.82) is 0 Å². The summed E-state index contributed by atoms with van der Waals surface area (Å²) in [4.78, 5) is 13.6. The average Bonchev–Trinajstić information content (AvgIpc) is 2.36. The zero-order chi connectivity index (χ0) is 14.6. The van der Waals surface area contributed by atoms with Gasteiger partial charge in [0.1, 0.15) is 0 Å². The highest BCUT2D eigenvalue weighted by Gasteiger charge is 2.17. The lowest BCUT2D eigenvalue weighted by Crippen LogP contribution is -2.38. The molecular weight excluding hydrogens is 264 g/mol. The molecular formula is C13H20N2O3S. The van der Waals surface area contributed by atoms with E-state index in [-0.39, 0.29) is 17.0 Å². The molecule has 0 bridgehead atoms. The van der Waals surface area contributed by atoms with Gasteiger partial charge in [-0.15, -0.1) is 0 Å². The number of carbonyl (C=O) groups is 1. The Bertz CT molecular complexity index is 538. The number of benzene rings is 1. The van der Waals surface area contributed by atoms with Gasteiger partial charge in [0.2, 0.25) is 0 Å². The normalized spacial score (nSPS) is 12.8. The van der Waals surface area contributed by atoms with Crippen LogP contribution in [-0.2, 0) is 9.84 Å². The summed E-state index contributed by atoms with van der Waals surface area (Å²) in [6.07, 6.45) is 1.17. The van der Waals surface area contributed by atoms with Crippen LogP contribution in [0, 0.1) is 0 Å². The Labute approximate surface area is 114 Å². The second kappa shape index (κ2) is 6.06. The fraction of sp³-hybridized carbons (Fsp3) is 0.462. The molecule has 2 amide bonds. The number of nitrogens with zero attached hydrogens (tertiary/aromatic N) is 1. The van der Waals surface area contributed by atoms with Gasteiger partial charge in [0.05, 0.1) is 10.9 Å². The van der Waals surface area contributed by atoms with E-state index in [0.29, 0.717) is 6.54 Å². The third-order valence-corrected chi connectivity index (χ3v) is 4.15. The lowest BCUT2D eigenvalue weighted by molar-refractivity contribution is 0.195. The van der Waals surface area contributed by atoms with Crippen molar-refractivity contribution in [3.8, 4) is 0 Å². The Morgan fingerprint density at radius 2 is 1.84 bits per heavy atom. The molecule has 0 aliphatic heterocycles. The molecule has 1 atom stereocenters. The van der Waals surface area contributed by atoms with Crippen molar-refractivity contribution < 1.29 is 13.2 Å². The number of sulfone groups is 1. The van der Waals surface area contributed by atoms with Crippen molar-refractivity contribution in [2.45, 2.75) is 24.8 Å². The number of amides is 2. The molecule has 19 heavy (non-hydrogen) atoms. The first-order valence-electron chi connectivity index (χ1n) is 6.08. The zero-order valence-corrected chi connectivity index (χ0v) is 12.5. The van der Waals surface area contributed by atoms with Crippen molar-refractivity contribution >= 4 is 15.9 Å². The van der Waals surface area contributed by atoms with Crippen LogP contribution in [-0.4, -0.2) is 39.2 Å². The van der Waals surface area contributed by atoms with Gasteiger partial charge >= 0.3 is 6.03 Å². The second-order valence-electron chi connectivity index (χ2n) is 4.46. The van der Waals surface area contributed by atoms with Crippen LogP contribution in [0.25, 0.3) is 0 Å². The maximum Gasteiger partial charge on any atom is 0.317 e. The summed E-state index contributed by atoms with van der Waals surface area (Å²) in [5, 5.41) is 2.72. The summed E-state index contributed by atoms with van der Waals surface area (Å²) < 4.78 is 22.7. The quantitative estimate of drug-likeness (QED) is 0.917. The number of rotatable bonds is 4. The van der Waals surface area contributed by atoms with Gasteiger partial charge in [-0.25, -0.2) is 13.2 Å². The summed E-state index contributed by atoms with van der Waals surface area (Å²) in [5.74, 6) is 0. The minimum atomic E-state index is -3.18. The molecule has 1 unspecified atom stereocenters. The van der Waals surface area contributed by atoms with E-state index in [1.54, 1.807) is 36.2 Å². The van der Waals surface area contributed by atoms with Crippen molar-refractivity contribution in [2.75, 3.05) is 19.8 Å². The smallest absolute Gasteiger partial charge is 0.317 e. The highest BCUT2D eigenvalue weighted by molar-refractivity contribution is 7.90. The van der Waals surface area contributed by atoms with E-state index in [1.165, 1.54) is 6.26 Å². The number of carbonyl (C=O) groups excluding carboxylic acids is 1. The van der Waals surface area contributed by atoms with Crippen LogP contribution < -0.4 is 5.32 Å². The van der Waals surface area contributed by atoms with Crippen LogP contribution in [0.15, 0.2) is 29.2 Å². The lowest BCUT2D eigenvalue weighted by atomic mass is 10.1. The van der Waals surface area contributed by atoms with E-state index in [0.717, 1.165) is 5.56 Å². The second-order valence-corrected chi connectivity index (χ2v) is 6.48. The first-order valence-corrected chi connectivity index (χ1v) is 7.97. The third-order valence-electron chi connectivity index (χ3n) is 3.02. The molecule has 5 nitrogen and oxygen atoms in total. The third kappa shape index (κ3) is 3.96. The fourth-order valence-corrected chi connectivity index (χ4v) is 2.30. The maximum atomic E-state index is 11.7. The van der Waals surface area contributed by atoms with E-state index in [4.69, 9.17) is 0 Å². The summed E-state index contributed by atoms with van der Waals surface area (Å²) in [5.41, 5.74) is 0.890. The molecule has 0 heterocycles. The number of urea groups is 1. The first-order chi connectivity index (χ1) is 8.77. The highest BCUT2D eigenvalue weighted by Crippen LogP contribution is 2.20. The lowest BCUT2D eigenvalue weighted by Gasteiger charge is -2.25. The van der Waals surface area contributed by atoms with Crippen LogP contribution >= 0.6 is 0 Å². The van der Waals surface area contributed by atoms with Gasteiger partial charge < -0.3 is 10.2 Å². The van der Waals surface area contributed by atoms with Crippen molar-refractivity contribution in [3.63, 3.8) is 0 Å². The maximum absolute atomic E-state index is 11.7. The van der Waals surface area contributed by atoms with E-state index in [2.05, 4.69) is 5.32 Å². The van der Waals surface area contributed by atoms with Gasteiger partial charge in [-0.2, -0.15) is 0 Å². The van der Waals surface area contributed by atoms with Crippen LogP contribution in [0.5, 0.6) is 0 Å². The SMILES string of the molecule is CCNC(=O)N(C)C(C)c1ccc(S(C)(=O)=O)cc1. The summed E-state index contributed by atoms with van der Waals surface area (Å²) in [6, 6.07) is 6.31. The molecule has 0 saturated heterocycles. The Morgan fingerprint density at radius 3 is 2.26 bits per heavy atom. The molecule has 1 aromatic carbocycles. The van der Waals surface area contributed by atoms with Gasteiger partial charge in [0, 0.05) is 19.8 Å². The minimum absolute atomic E-state index is 0.125. The molecule has 6 heteroatoms. The van der Waals surface area contributed by atoms with Crippen LogP contribution in [0.2, 0.25) is 0 Å². The number of hydrogen-bond donors (Lipinski definition) is 1. The summed E-state index contributed by atoms with van der Waals surface area (Å²) in [6.45, 7) is 4.32. The van der Waals surface area contributed by atoms with Crippen molar-refractivity contribution in [1.82, 2.24) is 10.2 Å². The largest absolute Gasteiger partial charge is 0.338 e. The fourth-order valence-electron chi connectivity index (χ4n) is 1.67. The van der Waals surface area contributed by atoms with E-state index < -0.39 is 9.84 Å². The average molecular weight is 284 g/mol. The predicted molar refractivity (Wildman–Crippen MR) is 74.8 cm³/mol. The van der Waals surface area contributed by atoms with Gasteiger partial charge in [-0.1, -0.05) is 12.1 Å². The van der Waals surface area contributed by atoms with Crippen molar-refractivity contribution in [2.24, 2.45) is 0 Å². The van der Waals surface area contributed by atoms with Gasteiger partial charge in [0.15, 0.2) is 9.84 Å². The Balaban J connectivity index is 2.89. The number of hydrogen-bond acceptors (Lipinski definition) is 3. The summed E-state index contributed by atoms with van der Waals surface area (Å²) in [7, 11) is -1.47. The molecule has 106 valence electrons. The van der Waals surface area contributed by atoms with Gasteiger partial charge in [-0.3, -0.25) is 0 Å². The molecule has 1 rings (SSSR count). The highest BCUT2D eigenvalue weighted by atomic mass is 32.2. The molecule has 0 radical (unpaired) electrons. The van der Waals surface area contributed by atoms with E-state index in [9.17, 15) is 13.2 Å².